The Kier molecular flexibility index (Phi) is 8.20. The number of hydrogen-bond acceptors (Lipinski definition) is 3. The fraction of sp³-hybridized carbons (Fsp3) is 0.692. The molecule has 182 valence electrons. The van der Waals surface area contributed by atoms with Crippen molar-refractivity contribution in [3.05, 3.63) is 35.4 Å². The van der Waals surface area contributed by atoms with Crippen LogP contribution in [0.25, 0.3) is 0 Å². The first-order valence-electron chi connectivity index (χ1n) is 12.8. The van der Waals surface area contributed by atoms with Gasteiger partial charge in [-0.3, -0.25) is 14.7 Å². The van der Waals surface area contributed by atoms with Crippen molar-refractivity contribution < 1.29 is 4.79 Å². The summed E-state index contributed by atoms with van der Waals surface area (Å²) in [6.45, 7) is 11.6. The number of likely N-dealkylation sites (tertiary alicyclic amines) is 1. The summed E-state index contributed by atoms with van der Waals surface area (Å²) in [5.74, 6) is 3.62. The van der Waals surface area contributed by atoms with Gasteiger partial charge in [-0.1, -0.05) is 24.3 Å². The smallest absolute Gasteiger partial charge is 0.239 e. The lowest BCUT2D eigenvalue weighted by Gasteiger charge is -2.39. The molecule has 0 radical (unpaired) electrons. The number of hydrogen-bond donors (Lipinski definition) is 1. The van der Waals surface area contributed by atoms with Crippen LogP contribution in [-0.2, 0) is 11.2 Å². The number of rotatable bonds is 5. The van der Waals surface area contributed by atoms with E-state index in [2.05, 4.69) is 58.1 Å². The molecule has 2 aliphatic carbocycles. The van der Waals surface area contributed by atoms with Crippen molar-refractivity contribution in [3.63, 3.8) is 0 Å². The van der Waals surface area contributed by atoms with Gasteiger partial charge >= 0.3 is 0 Å². The second-order valence-corrected chi connectivity index (χ2v) is 10.0. The van der Waals surface area contributed by atoms with Crippen LogP contribution in [0.3, 0.4) is 0 Å². The lowest BCUT2D eigenvalue weighted by atomic mass is 9.92. The Morgan fingerprint density at radius 1 is 1.09 bits per heavy atom. The van der Waals surface area contributed by atoms with E-state index in [-0.39, 0.29) is 30.0 Å². The molecule has 4 atom stereocenters. The Bertz CT molecular complexity index is 847. The van der Waals surface area contributed by atoms with Gasteiger partial charge in [-0.2, -0.15) is 0 Å². The van der Waals surface area contributed by atoms with Gasteiger partial charge in [0.05, 0.1) is 6.04 Å². The predicted octanol–water partition coefficient (Wildman–Crippen LogP) is 3.17. The molecule has 0 bridgehead atoms. The third kappa shape index (κ3) is 5.19. The third-order valence-electron chi connectivity index (χ3n) is 8.22. The molecule has 4 aliphatic rings. The maximum absolute atomic E-state index is 12.8. The number of nitrogens with one attached hydrogen (secondary N) is 1. The number of carbonyl (C=O) groups is 1. The number of nitrogens with zero attached hydrogens (tertiary/aromatic N) is 4. The molecule has 2 aliphatic heterocycles. The molecule has 1 aromatic carbocycles. The molecule has 1 N–H and O–H groups in total. The SMILES string of the molecule is CCNC(=NCC1C2CCc3ccccc3C21)N1CCN(C(C)C(=O)N2CCCC2)CC1.I. The Morgan fingerprint density at radius 3 is 2.55 bits per heavy atom. The Labute approximate surface area is 216 Å². The molecular weight excluding hydrogens is 525 g/mol. The number of fused-ring (bicyclic) bond motifs is 3. The summed E-state index contributed by atoms with van der Waals surface area (Å²) in [7, 11) is 0. The van der Waals surface area contributed by atoms with Gasteiger partial charge in [-0.15, -0.1) is 24.0 Å². The molecule has 2 heterocycles. The summed E-state index contributed by atoms with van der Waals surface area (Å²) in [4.78, 5) is 24.7. The molecule has 7 heteroatoms. The Morgan fingerprint density at radius 2 is 1.82 bits per heavy atom. The van der Waals surface area contributed by atoms with Gasteiger partial charge in [-0.25, -0.2) is 0 Å². The zero-order chi connectivity index (χ0) is 22.1. The topological polar surface area (TPSA) is 51.2 Å². The van der Waals surface area contributed by atoms with Gasteiger partial charge in [0.2, 0.25) is 5.91 Å². The van der Waals surface area contributed by atoms with Crippen molar-refractivity contribution >= 4 is 35.8 Å². The van der Waals surface area contributed by atoms with Gasteiger partial charge in [-0.05, 0) is 68.4 Å². The normalized spacial score (nSPS) is 27.9. The molecule has 33 heavy (non-hydrogen) atoms. The summed E-state index contributed by atoms with van der Waals surface area (Å²) in [6.07, 6.45) is 4.86. The first-order valence-corrected chi connectivity index (χ1v) is 12.8. The molecule has 1 aromatic rings. The summed E-state index contributed by atoms with van der Waals surface area (Å²) in [5.41, 5.74) is 3.14. The van der Waals surface area contributed by atoms with Crippen LogP contribution in [0.5, 0.6) is 0 Å². The van der Waals surface area contributed by atoms with E-state index in [0.29, 0.717) is 11.8 Å². The van der Waals surface area contributed by atoms with Gasteiger partial charge in [0.15, 0.2) is 5.96 Å². The molecular formula is C26H40IN5O. The summed E-state index contributed by atoms with van der Waals surface area (Å²) < 4.78 is 0. The summed E-state index contributed by atoms with van der Waals surface area (Å²) in [5, 5.41) is 3.53. The van der Waals surface area contributed by atoms with E-state index < -0.39 is 0 Å². The van der Waals surface area contributed by atoms with E-state index in [1.165, 1.54) is 12.8 Å². The van der Waals surface area contributed by atoms with Gasteiger partial charge in [0.1, 0.15) is 0 Å². The van der Waals surface area contributed by atoms with Crippen LogP contribution in [0.2, 0.25) is 0 Å². The molecule has 2 saturated heterocycles. The van der Waals surface area contributed by atoms with E-state index in [0.717, 1.165) is 83.0 Å². The molecule has 6 nitrogen and oxygen atoms in total. The average Bonchev–Trinajstić information content (AvgIpc) is 3.27. The van der Waals surface area contributed by atoms with E-state index in [1.807, 2.05) is 0 Å². The highest BCUT2D eigenvalue weighted by Crippen LogP contribution is 2.59. The number of amides is 1. The number of piperazine rings is 1. The first kappa shape index (κ1) is 24.8. The quantitative estimate of drug-likeness (QED) is 0.339. The van der Waals surface area contributed by atoms with E-state index >= 15 is 0 Å². The minimum Gasteiger partial charge on any atom is -0.357 e. The van der Waals surface area contributed by atoms with Gasteiger partial charge in [0, 0.05) is 52.4 Å². The molecule has 5 rings (SSSR count). The van der Waals surface area contributed by atoms with Crippen LogP contribution in [0, 0.1) is 11.8 Å². The highest BCUT2D eigenvalue weighted by molar-refractivity contribution is 14.0. The Balaban J connectivity index is 0.00000259. The van der Waals surface area contributed by atoms with Crippen LogP contribution in [-0.4, -0.2) is 85.0 Å². The fourth-order valence-electron chi connectivity index (χ4n) is 6.25. The number of guanidine groups is 1. The van der Waals surface area contributed by atoms with E-state index in [1.54, 1.807) is 11.1 Å². The Hall–Kier alpha value is -1.35. The minimum atomic E-state index is -0.00979. The second-order valence-electron chi connectivity index (χ2n) is 10.0. The molecule has 3 fully saturated rings. The lowest BCUT2D eigenvalue weighted by molar-refractivity contribution is -0.135. The van der Waals surface area contributed by atoms with Crippen molar-refractivity contribution in [2.75, 3.05) is 52.4 Å². The molecule has 0 spiro atoms. The van der Waals surface area contributed by atoms with Crippen molar-refractivity contribution in [2.45, 2.75) is 51.5 Å². The molecule has 4 unspecified atom stereocenters. The fourth-order valence-corrected chi connectivity index (χ4v) is 6.25. The standard InChI is InChI=1S/C26H39N5O.HI/c1-3-27-26(28-18-23-22-11-10-20-8-4-5-9-21(20)24(22)23)31-16-14-29(15-17-31)19(2)25(32)30-12-6-7-13-30;/h4-5,8-9,19,22-24H,3,6-7,10-18H2,1-2H3,(H,27,28);1H. The average molecular weight is 566 g/mol. The van der Waals surface area contributed by atoms with Crippen molar-refractivity contribution in [3.8, 4) is 0 Å². The van der Waals surface area contributed by atoms with Crippen LogP contribution in [0.1, 0.15) is 50.2 Å². The van der Waals surface area contributed by atoms with Crippen molar-refractivity contribution in [1.82, 2.24) is 20.0 Å². The van der Waals surface area contributed by atoms with Crippen molar-refractivity contribution in [1.29, 1.82) is 0 Å². The molecule has 1 amide bonds. The number of carbonyl (C=O) groups excluding carboxylic acids is 1. The zero-order valence-corrected chi connectivity index (χ0v) is 22.5. The highest BCUT2D eigenvalue weighted by Gasteiger charge is 2.52. The molecule has 1 saturated carbocycles. The summed E-state index contributed by atoms with van der Waals surface area (Å²) in [6, 6.07) is 9.01. The first-order chi connectivity index (χ1) is 15.7. The van der Waals surface area contributed by atoms with E-state index in [4.69, 9.17) is 4.99 Å². The van der Waals surface area contributed by atoms with Crippen LogP contribution >= 0.6 is 24.0 Å². The van der Waals surface area contributed by atoms with Gasteiger partial charge < -0.3 is 15.1 Å². The van der Waals surface area contributed by atoms with Crippen LogP contribution < -0.4 is 5.32 Å². The van der Waals surface area contributed by atoms with E-state index in [9.17, 15) is 4.79 Å². The maximum atomic E-state index is 12.8. The highest BCUT2D eigenvalue weighted by atomic mass is 127. The monoisotopic (exact) mass is 565 g/mol. The van der Waals surface area contributed by atoms with Crippen molar-refractivity contribution in [2.24, 2.45) is 16.8 Å². The summed E-state index contributed by atoms with van der Waals surface area (Å²) >= 11 is 0. The number of halogens is 1. The number of benzene rings is 1. The van der Waals surface area contributed by atoms with Crippen LogP contribution in [0.4, 0.5) is 0 Å². The minimum absolute atomic E-state index is 0. The maximum Gasteiger partial charge on any atom is 0.239 e. The zero-order valence-electron chi connectivity index (χ0n) is 20.2. The van der Waals surface area contributed by atoms with Crippen LogP contribution in [0.15, 0.2) is 29.3 Å². The second kappa shape index (κ2) is 10.9. The van der Waals surface area contributed by atoms with Gasteiger partial charge in [0.25, 0.3) is 0 Å². The number of aryl methyl sites for hydroxylation is 1. The molecule has 0 aromatic heterocycles. The number of aliphatic imine (C=N–C) groups is 1. The third-order valence-corrected chi connectivity index (χ3v) is 8.22. The largest absolute Gasteiger partial charge is 0.357 e. The predicted molar refractivity (Wildman–Crippen MR) is 144 cm³/mol. The lowest BCUT2D eigenvalue weighted by Crippen LogP contribution is -2.57.